The summed E-state index contributed by atoms with van der Waals surface area (Å²) in [5, 5.41) is 1.21. The highest BCUT2D eigenvalue weighted by Gasteiger charge is 2.06. The van der Waals surface area contributed by atoms with E-state index in [-0.39, 0.29) is 0 Å². The highest BCUT2D eigenvalue weighted by atomic mass is 31.0. The minimum atomic E-state index is 0.730. The molecule has 0 aliphatic heterocycles. The molecule has 3 unspecified atom stereocenters. The van der Waals surface area contributed by atoms with E-state index >= 15 is 0 Å². The van der Waals surface area contributed by atoms with E-state index in [0.29, 0.717) is 0 Å². The van der Waals surface area contributed by atoms with Gasteiger partial charge >= 0.3 is 0 Å². The molecule has 0 saturated heterocycles. The first-order chi connectivity index (χ1) is 12.2. The lowest BCUT2D eigenvalue weighted by molar-refractivity contribution is 0.670. The molecule has 3 aromatic rings. The third-order valence-electron chi connectivity index (χ3n) is 4.61. The maximum atomic E-state index is 2.86. The predicted molar refractivity (Wildman–Crippen MR) is 123 cm³/mol. The normalized spacial score (nSPS) is 11.0. The molecule has 0 amide bonds. The maximum Gasteiger partial charge on any atom is -0.0184 e. The largest absolute Gasteiger partial charge is 0.137 e. The van der Waals surface area contributed by atoms with Gasteiger partial charge in [0.15, 0.2) is 0 Å². The molecule has 0 aliphatic carbocycles. The van der Waals surface area contributed by atoms with Gasteiger partial charge in [0.25, 0.3) is 0 Å². The van der Waals surface area contributed by atoms with Gasteiger partial charge in [-0.2, -0.15) is 0 Å². The average molecular weight is 382 g/mol. The van der Waals surface area contributed by atoms with Crippen LogP contribution in [0.15, 0.2) is 72.8 Å². The number of hydrogen-bond acceptors (Lipinski definition) is 0. The van der Waals surface area contributed by atoms with Gasteiger partial charge in [0.1, 0.15) is 0 Å². The molecule has 0 aromatic heterocycles. The van der Waals surface area contributed by atoms with Gasteiger partial charge in [-0.3, -0.25) is 0 Å². The van der Waals surface area contributed by atoms with Crippen molar-refractivity contribution < 1.29 is 0 Å². The molecule has 0 nitrogen and oxygen atoms in total. The van der Waals surface area contributed by atoms with Crippen LogP contribution in [0.2, 0.25) is 0 Å². The Morgan fingerprint density at radius 3 is 1.32 bits per heavy atom. The molecule has 25 heavy (non-hydrogen) atoms. The summed E-state index contributed by atoms with van der Waals surface area (Å²) in [6, 6.07) is 26.5. The lowest BCUT2D eigenvalue weighted by Crippen LogP contribution is -2.07. The van der Waals surface area contributed by atoms with Crippen LogP contribution in [0.25, 0.3) is 22.3 Å². The summed E-state index contributed by atoms with van der Waals surface area (Å²) in [6.07, 6.45) is 3.47. The summed E-state index contributed by atoms with van der Waals surface area (Å²) in [6.45, 7) is 0. The van der Waals surface area contributed by atoms with Crippen molar-refractivity contribution in [2.75, 3.05) is 12.3 Å². The molecule has 3 aromatic carbocycles. The molecule has 0 heterocycles. The standard InChI is InChI=1S/C22H25P3/c23-14-17(15-24)13-16-1-3-18(4-2-16)19-5-7-20(8-6-19)21-9-11-22(25)12-10-21/h1-12,17H,13-15,23-25H2. The van der Waals surface area contributed by atoms with Crippen molar-refractivity contribution in [1.29, 1.82) is 0 Å². The SMILES string of the molecule is PCC(CP)Cc1ccc(-c2ccc(-c3ccc(P)cc3)cc2)cc1. The predicted octanol–water partition coefficient (Wildman–Crippen LogP) is 5.43. The van der Waals surface area contributed by atoms with Gasteiger partial charge in [-0.25, -0.2) is 0 Å². The summed E-state index contributed by atoms with van der Waals surface area (Å²) in [4.78, 5) is 0. The minimum Gasteiger partial charge on any atom is -0.137 e. The second-order valence-electron chi connectivity index (χ2n) is 6.44. The Morgan fingerprint density at radius 2 is 0.920 bits per heavy atom. The van der Waals surface area contributed by atoms with Crippen molar-refractivity contribution >= 4 is 33.0 Å². The number of benzene rings is 3. The van der Waals surface area contributed by atoms with Crippen molar-refractivity contribution in [2.45, 2.75) is 6.42 Å². The summed E-state index contributed by atoms with van der Waals surface area (Å²) >= 11 is 0. The van der Waals surface area contributed by atoms with E-state index in [0.717, 1.165) is 24.7 Å². The summed E-state index contributed by atoms with van der Waals surface area (Å²) in [5.41, 5.74) is 6.49. The average Bonchev–Trinajstić information content (AvgIpc) is 2.67. The smallest absolute Gasteiger partial charge is 0.0184 e. The molecular formula is C22H25P3. The Bertz CT molecular complexity index is 786. The third kappa shape index (κ3) is 4.99. The second-order valence-corrected chi connectivity index (χ2v) is 8.05. The highest BCUT2D eigenvalue weighted by Crippen LogP contribution is 2.25. The van der Waals surface area contributed by atoms with E-state index in [9.17, 15) is 0 Å². The van der Waals surface area contributed by atoms with E-state index in [1.54, 1.807) is 0 Å². The number of hydrogen-bond donors (Lipinski definition) is 0. The van der Waals surface area contributed by atoms with Crippen molar-refractivity contribution in [3.63, 3.8) is 0 Å². The van der Waals surface area contributed by atoms with Gasteiger partial charge < -0.3 is 0 Å². The molecule has 3 rings (SSSR count). The topological polar surface area (TPSA) is 0 Å². The van der Waals surface area contributed by atoms with Crippen LogP contribution in [0.1, 0.15) is 5.56 Å². The van der Waals surface area contributed by atoms with Crippen molar-refractivity contribution in [2.24, 2.45) is 5.92 Å². The van der Waals surface area contributed by atoms with Crippen LogP contribution >= 0.6 is 27.7 Å². The van der Waals surface area contributed by atoms with Crippen LogP contribution < -0.4 is 5.30 Å². The molecule has 0 bridgehead atoms. The van der Waals surface area contributed by atoms with Crippen molar-refractivity contribution in [3.05, 3.63) is 78.4 Å². The molecule has 0 spiro atoms. The van der Waals surface area contributed by atoms with E-state index in [2.05, 4.69) is 101 Å². The first-order valence-corrected chi connectivity index (χ1v) is 10.9. The molecule has 0 fully saturated rings. The van der Waals surface area contributed by atoms with Gasteiger partial charge in [-0.15, -0.1) is 27.7 Å². The fraction of sp³-hybridized carbons (Fsp3) is 0.182. The molecule has 0 saturated carbocycles. The molecule has 3 atom stereocenters. The minimum absolute atomic E-state index is 0.730. The zero-order valence-corrected chi connectivity index (χ0v) is 17.8. The quantitative estimate of drug-likeness (QED) is 0.499. The maximum absolute atomic E-state index is 2.86. The second kappa shape index (κ2) is 9.05. The summed E-state index contributed by atoms with van der Waals surface area (Å²) in [5.74, 6) is 0.730. The Kier molecular flexibility index (Phi) is 6.78. The molecule has 128 valence electrons. The Labute approximate surface area is 158 Å². The van der Waals surface area contributed by atoms with Crippen LogP contribution in [0.4, 0.5) is 0 Å². The highest BCUT2D eigenvalue weighted by molar-refractivity contribution is 7.27. The van der Waals surface area contributed by atoms with Gasteiger partial charge in [-0.05, 0) is 57.8 Å². The van der Waals surface area contributed by atoms with E-state index < -0.39 is 0 Å². The Hall–Kier alpha value is -1.05. The molecule has 0 radical (unpaired) electrons. The lowest BCUT2D eigenvalue weighted by Gasteiger charge is -2.12. The first kappa shape index (κ1) is 18.7. The lowest BCUT2D eigenvalue weighted by atomic mass is 9.97. The van der Waals surface area contributed by atoms with E-state index in [4.69, 9.17) is 0 Å². The molecule has 0 aliphatic rings. The Morgan fingerprint density at radius 1 is 0.560 bits per heavy atom. The van der Waals surface area contributed by atoms with Crippen molar-refractivity contribution in [3.8, 4) is 22.3 Å². The van der Waals surface area contributed by atoms with Crippen LogP contribution in [0.3, 0.4) is 0 Å². The zero-order valence-electron chi connectivity index (χ0n) is 14.4. The van der Waals surface area contributed by atoms with Gasteiger partial charge in [0, 0.05) is 0 Å². The van der Waals surface area contributed by atoms with Crippen molar-refractivity contribution in [1.82, 2.24) is 0 Å². The van der Waals surface area contributed by atoms with Crippen LogP contribution in [-0.4, -0.2) is 12.3 Å². The Balaban J connectivity index is 1.74. The first-order valence-electron chi connectivity index (χ1n) is 8.65. The van der Waals surface area contributed by atoms with E-state index in [1.165, 1.54) is 33.1 Å². The zero-order chi connectivity index (χ0) is 17.6. The summed E-state index contributed by atoms with van der Waals surface area (Å²) in [7, 11) is 8.46. The van der Waals surface area contributed by atoms with Crippen LogP contribution in [-0.2, 0) is 6.42 Å². The molecular weight excluding hydrogens is 357 g/mol. The van der Waals surface area contributed by atoms with E-state index in [1.807, 2.05) is 0 Å². The third-order valence-corrected chi connectivity index (χ3v) is 6.33. The number of rotatable bonds is 6. The monoisotopic (exact) mass is 382 g/mol. The molecule has 0 N–H and O–H groups in total. The fourth-order valence-electron chi connectivity index (χ4n) is 2.96. The summed E-state index contributed by atoms with van der Waals surface area (Å²) < 4.78 is 0. The van der Waals surface area contributed by atoms with Crippen LogP contribution in [0.5, 0.6) is 0 Å². The van der Waals surface area contributed by atoms with Crippen LogP contribution in [0, 0.1) is 5.92 Å². The fourth-order valence-corrected chi connectivity index (χ4v) is 4.26. The van der Waals surface area contributed by atoms with Gasteiger partial charge in [0.05, 0.1) is 0 Å². The van der Waals surface area contributed by atoms with Gasteiger partial charge in [0.2, 0.25) is 0 Å². The van der Waals surface area contributed by atoms with Gasteiger partial charge in [-0.1, -0.05) is 72.8 Å². The molecule has 3 heteroatoms.